The van der Waals surface area contributed by atoms with Crippen molar-refractivity contribution in [1.82, 2.24) is 0 Å². The Hall–Kier alpha value is -0.671. The molecule has 0 saturated carbocycles. The van der Waals surface area contributed by atoms with Gasteiger partial charge in [-0.2, -0.15) is 72.1 Å². The van der Waals surface area contributed by atoms with Gasteiger partial charge >= 0.3 is 64.4 Å². The zero-order valence-electron chi connectivity index (χ0n) is 13.5. The van der Waals surface area contributed by atoms with Crippen LogP contribution < -0.4 is 0 Å². The van der Waals surface area contributed by atoms with Crippen LogP contribution in [0.25, 0.3) is 11.1 Å². The van der Waals surface area contributed by atoms with Crippen LogP contribution in [0.15, 0.2) is 0 Å². The van der Waals surface area contributed by atoms with Crippen LogP contribution in [0.1, 0.15) is 0 Å². The molecule has 0 aromatic carbocycles. The van der Waals surface area contributed by atoms with Crippen molar-refractivity contribution in [1.29, 1.82) is 0 Å². The summed E-state index contributed by atoms with van der Waals surface area (Å²) in [6.45, 7) is -3.08. The van der Waals surface area contributed by atoms with Crippen LogP contribution in [-0.2, 0) is 51.8 Å². The first-order valence-electron chi connectivity index (χ1n) is 3.62. The predicted octanol–water partition coefficient (Wildman–Crippen LogP) is 1.32. The molecule has 31 heavy (non-hydrogen) atoms. The van der Waals surface area contributed by atoms with Gasteiger partial charge < -0.3 is 35.2 Å². The Morgan fingerprint density at radius 2 is 0.742 bits per heavy atom. The van der Waals surface area contributed by atoms with Crippen LogP contribution in [0.4, 0.5) is 53.6 Å². The minimum Gasteiger partial charge on any atom is -0.585 e. The smallest absolute Gasteiger partial charge is 0.585 e. The molecule has 0 aliphatic carbocycles. The van der Waals surface area contributed by atoms with E-state index in [1.807, 2.05) is 5.32 Å². The van der Waals surface area contributed by atoms with E-state index < -0.39 is 54.0 Å². The van der Waals surface area contributed by atoms with Crippen molar-refractivity contribution in [3.63, 3.8) is 0 Å². The Bertz CT molecular complexity index is 326. The molecule has 5 N–H and O–H groups in total. The molecule has 0 fully saturated rings. The molecule has 0 aliphatic heterocycles. The molecule has 0 aliphatic rings. The van der Waals surface area contributed by atoms with Gasteiger partial charge in [0.1, 0.15) is 0 Å². The summed E-state index contributed by atoms with van der Waals surface area (Å²) in [7, 11) is 0.708. The Balaban J connectivity index is -0.0000000111. The summed E-state index contributed by atoms with van der Waals surface area (Å²) in [5.74, 6) is 0. The van der Waals surface area contributed by atoms with Gasteiger partial charge in [0.05, 0.1) is 0 Å². The van der Waals surface area contributed by atoms with Crippen LogP contribution in [-0.4, -0.2) is 55.9 Å². The summed E-state index contributed by atoms with van der Waals surface area (Å²) in [6.07, 6.45) is -9.08. The third kappa shape index (κ3) is 4040. The fraction of sp³-hybridized carbons (Fsp3) is 0.750. The average molecular weight is 637 g/mol. The molecule has 1 radical (unpaired) electrons. The number of hydrogen-bond donors (Lipinski definition) is 0. The minimum atomic E-state index is -4.75. The van der Waals surface area contributed by atoms with Crippen LogP contribution in [0.2, 0.25) is 0 Å². The standard InChI is InChI=1S/C2H3F3N.CHF3N.CF3.Cu.3FH.3O2S.2H2O.H2S/c1-6-2(3,4)5;2-1(3,4)5;2-1(3)4;;;;;3*1-3-2;;;/h1H3;5H;;;3*1H;;;;3*1H2/q3*-1;+2;;;;;;;;;. The van der Waals surface area contributed by atoms with Gasteiger partial charge in [-0.25, -0.2) is 0 Å². The second kappa shape index (κ2) is 70.1. The van der Waals surface area contributed by atoms with Crippen LogP contribution in [0.5, 0.6) is 0 Å². The maximum Gasteiger partial charge on any atom is 2.00 e. The first-order valence-corrected chi connectivity index (χ1v) is 5.62. The fourth-order valence-corrected chi connectivity index (χ4v) is 0. The minimum absolute atomic E-state index is 0. The summed E-state index contributed by atoms with van der Waals surface area (Å²) >= 11 is -2.25. The average Bonchev–Trinajstić information content (AvgIpc) is 2.28. The van der Waals surface area contributed by atoms with Crippen molar-refractivity contribution in [3.8, 4) is 0 Å². The molecule has 0 bridgehead atoms. The SMILES string of the molecule is C[N-]C(F)(F)F.F.F.F.F[C-](F)F.O.O.O=S=O.O=S=O.O=S=O.S.[Cu+2].[NH-]C(F)(F)F. The Kier molecular flexibility index (Phi) is 196. The number of alkyl halides is 6. The van der Waals surface area contributed by atoms with E-state index in [-0.39, 0.29) is 55.6 Å². The van der Waals surface area contributed by atoms with Crippen molar-refractivity contribution in [3.05, 3.63) is 17.7 Å². The topological polar surface area (TPSA) is 203 Å². The summed E-state index contributed by atoms with van der Waals surface area (Å²) in [5.41, 5.74) is 4.94. The number of rotatable bonds is 0. The molecule has 0 rings (SSSR count). The second-order valence-electron chi connectivity index (χ2n) is 1.61. The van der Waals surface area contributed by atoms with E-state index in [1.165, 1.54) is 0 Å². The van der Waals surface area contributed by atoms with E-state index in [9.17, 15) is 39.5 Å². The zero-order chi connectivity index (χ0) is 21.4. The van der Waals surface area contributed by atoms with E-state index in [2.05, 4.69) is 0 Å². The number of halogens is 12. The molecular weight excluding hydrogens is 624 g/mol. The Morgan fingerprint density at radius 3 is 0.742 bits per heavy atom. The van der Waals surface area contributed by atoms with E-state index in [1.54, 1.807) is 0 Å². The molecular formula is C4H13CuF12N2O8S4-. The van der Waals surface area contributed by atoms with Crippen molar-refractivity contribution in [2.75, 3.05) is 7.05 Å². The molecule has 0 atom stereocenters. The summed E-state index contributed by atoms with van der Waals surface area (Å²) in [5, 5.41) is 2.02. The quantitative estimate of drug-likeness (QED) is 0.166. The summed E-state index contributed by atoms with van der Waals surface area (Å²) in [4.78, 5) is 0. The van der Waals surface area contributed by atoms with E-state index in [0.29, 0.717) is 7.05 Å². The first kappa shape index (κ1) is 86.9. The van der Waals surface area contributed by atoms with Gasteiger partial charge in [-0.1, -0.05) is 0 Å². The third-order valence-electron chi connectivity index (χ3n) is 0.254. The number of nitrogens with one attached hydrogen (secondary N) is 1. The molecule has 10 nitrogen and oxygen atoms in total. The Labute approximate surface area is 192 Å². The number of nitrogens with zero attached hydrogens (tertiary/aromatic N) is 1. The van der Waals surface area contributed by atoms with Gasteiger partial charge in [0.15, 0.2) is 6.68 Å². The molecule has 0 aromatic rings. The molecule has 0 saturated heterocycles. The van der Waals surface area contributed by atoms with Gasteiger partial charge in [0, 0.05) is 0 Å². The molecule has 207 valence electrons. The van der Waals surface area contributed by atoms with Gasteiger partial charge in [0.25, 0.3) is 0 Å². The van der Waals surface area contributed by atoms with Crippen LogP contribution >= 0.6 is 13.5 Å². The van der Waals surface area contributed by atoms with Crippen LogP contribution in [0.3, 0.4) is 0 Å². The van der Waals surface area contributed by atoms with Crippen molar-refractivity contribution < 1.29 is 107 Å². The molecule has 0 aromatic heterocycles. The van der Waals surface area contributed by atoms with Gasteiger partial charge in [-0.3, -0.25) is 14.1 Å². The summed E-state index contributed by atoms with van der Waals surface area (Å²) in [6, 6.07) is 0. The summed E-state index contributed by atoms with van der Waals surface area (Å²) < 4.78 is 140. The second-order valence-corrected chi connectivity index (χ2v) is 2.02. The largest absolute Gasteiger partial charge is 2.00 e. The zero-order valence-corrected chi connectivity index (χ0v) is 17.9. The number of hydrogen-bond acceptors (Lipinski definition) is 6. The maximum atomic E-state index is 10.6. The molecule has 27 heteroatoms. The predicted molar refractivity (Wildman–Crippen MR) is 84.2 cm³/mol. The van der Waals surface area contributed by atoms with Crippen molar-refractivity contribution in [2.24, 2.45) is 0 Å². The van der Waals surface area contributed by atoms with Gasteiger partial charge in [-0.05, 0) is 0 Å². The molecule has 0 amide bonds. The van der Waals surface area contributed by atoms with Crippen LogP contribution in [0, 0.1) is 6.68 Å². The fourth-order valence-electron chi connectivity index (χ4n) is 0. The molecule has 0 heterocycles. The third-order valence-corrected chi connectivity index (χ3v) is 0.254. The first-order chi connectivity index (χ1) is 10.5. The normalized spacial score (nSPS) is 6.58. The maximum absolute atomic E-state index is 10.6. The molecule has 0 spiro atoms. The Morgan fingerprint density at radius 1 is 0.710 bits per heavy atom. The van der Waals surface area contributed by atoms with E-state index in [0.717, 1.165) is 0 Å². The van der Waals surface area contributed by atoms with Crippen molar-refractivity contribution >= 4 is 48.2 Å². The van der Waals surface area contributed by atoms with E-state index >= 15 is 0 Å². The van der Waals surface area contributed by atoms with Crippen molar-refractivity contribution in [2.45, 2.75) is 12.6 Å². The van der Waals surface area contributed by atoms with Gasteiger partial charge in [0.2, 0.25) is 0 Å². The molecule has 0 unspecified atom stereocenters. The van der Waals surface area contributed by atoms with Gasteiger partial charge in [-0.15, -0.1) is 0 Å². The van der Waals surface area contributed by atoms with E-state index in [4.69, 9.17) is 31.0 Å². The monoisotopic (exact) mass is 636 g/mol.